The fraction of sp³-hybridized carbons (Fsp3) is 0.562. The second kappa shape index (κ2) is 8.00. The van der Waals surface area contributed by atoms with Crippen molar-refractivity contribution in [2.75, 3.05) is 53.5 Å². The van der Waals surface area contributed by atoms with Crippen LogP contribution < -0.4 is 0 Å². The molecule has 122 valence electrons. The van der Waals surface area contributed by atoms with Crippen LogP contribution in [0.3, 0.4) is 0 Å². The number of aromatic hydroxyl groups is 1. The van der Waals surface area contributed by atoms with Gasteiger partial charge >= 0.3 is 6.03 Å². The van der Waals surface area contributed by atoms with Crippen LogP contribution in [0.1, 0.15) is 5.56 Å². The van der Waals surface area contributed by atoms with Gasteiger partial charge < -0.3 is 19.6 Å². The molecule has 6 nitrogen and oxygen atoms in total. The Morgan fingerprint density at radius 2 is 2.05 bits per heavy atom. The Hall–Kier alpha value is -1.79. The van der Waals surface area contributed by atoms with E-state index in [4.69, 9.17) is 4.74 Å². The summed E-state index contributed by atoms with van der Waals surface area (Å²) in [5.74, 6) is 0.225. The Morgan fingerprint density at radius 3 is 2.68 bits per heavy atom. The first-order chi connectivity index (χ1) is 10.6. The van der Waals surface area contributed by atoms with Crippen LogP contribution in [0.25, 0.3) is 0 Å². The number of hydrogen-bond acceptors (Lipinski definition) is 4. The predicted molar refractivity (Wildman–Crippen MR) is 84.9 cm³/mol. The standard InChI is InChI=1S/C16H25N3O3/c1-17(2)16(21)19(7-6-18-8-10-22-11-9-18)13-14-4-3-5-15(20)12-14/h3-5,12,20H,6-11,13H2,1-2H3. The minimum absolute atomic E-state index is 0.0170. The summed E-state index contributed by atoms with van der Waals surface area (Å²) in [7, 11) is 3.51. The number of benzene rings is 1. The second-order valence-corrected chi connectivity index (χ2v) is 5.72. The quantitative estimate of drug-likeness (QED) is 0.888. The van der Waals surface area contributed by atoms with E-state index in [0.717, 1.165) is 38.4 Å². The van der Waals surface area contributed by atoms with Crippen LogP contribution in [0.5, 0.6) is 5.75 Å². The van der Waals surface area contributed by atoms with E-state index >= 15 is 0 Å². The first kappa shape index (κ1) is 16.6. The fourth-order valence-corrected chi connectivity index (χ4v) is 2.49. The molecule has 0 bridgehead atoms. The summed E-state index contributed by atoms with van der Waals surface area (Å²) in [4.78, 5) is 18.1. The lowest BCUT2D eigenvalue weighted by molar-refractivity contribution is 0.0341. The summed E-state index contributed by atoms with van der Waals surface area (Å²) in [5.41, 5.74) is 0.928. The summed E-state index contributed by atoms with van der Waals surface area (Å²) < 4.78 is 5.34. The molecule has 2 amide bonds. The number of carbonyl (C=O) groups excluding carboxylic acids is 1. The maximum absolute atomic E-state index is 12.4. The van der Waals surface area contributed by atoms with Crippen molar-refractivity contribution < 1.29 is 14.6 Å². The van der Waals surface area contributed by atoms with Gasteiger partial charge in [-0.25, -0.2) is 4.79 Å². The van der Waals surface area contributed by atoms with Gasteiger partial charge in [-0.05, 0) is 17.7 Å². The van der Waals surface area contributed by atoms with Gasteiger partial charge in [-0.3, -0.25) is 4.90 Å². The number of carbonyl (C=O) groups is 1. The van der Waals surface area contributed by atoms with Crippen molar-refractivity contribution in [3.63, 3.8) is 0 Å². The van der Waals surface area contributed by atoms with Crippen LogP contribution in [-0.4, -0.2) is 79.3 Å². The lowest BCUT2D eigenvalue weighted by Gasteiger charge is -2.31. The van der Waals surface area contributed by atoms with Gasteiger partial charge in [0.25, 0.3) is 0 Å². The molecule has 0 aromatic heterocycles. The average Bonchev–Trinajstić information content (AvgIpc) is 2.51. The largest absolute Gasteiger partial charge is 0.508 e. The molecule has 1 heterocycles. The van der Waals surface area contributed by atoms with Crippen LogP contribution in [0.15, 0.2) is 24.3 Å². The molecule has 0 spiro atoms. The van der Waals surface area contributed by atoms with Crippen LogP contribution in [0.2, 0.25) is 0 Å². The van der Waals surface area contributed by atoms with Gasteiger partial charge in [0, 0.05) is 46.8 Å². The van der Waals surface area contributed by atoms with Crippen LogP contribution in [0, 0.1) is 0 Å². The average molecular weight is 307 g/mol. The number of urea groups is 1. The highest BCUT2D eigenvalue weighted by molar-refractivity contribution is 5.73. The number of ether oxygens (including phenoxy) is 1. The molecule has 1 saturated heterocycles. The van der Waals surface area contributed by atoms with Gasteiger partial charge in [0.2, 0.25) is 0 Å². The van der Waals surface area contributed by atoms with Crippen molar-refractivity contribution in [1.29, 1.82) is 0 Å². The van der Waals surface area contributed by atoms with Gasteiger partial charge in [-0.2, -0.15) is 0 Å². The van der Waals surface area contributed by atoms with Gasteiger partial charge in [0.05, 0.1) is 13.2 Å². The van der Waals surface area contributed by atoms with E-state index in [1.54, 1.807) is 37.2 Å². The number of phenols is 1. The topological polar surface area (TPSA) is 56.3 Å². The summed E-state index contributed by atoms with van der Waals surface area (Å²) in [6.45, 7) is 5.33. The van der Waals surface area contributed by atoms with Crippen molar-refractivity contribution in [1.82, 2.24) is 14.7 Å². The molecule has 6 heteroatoms. The van der Waals surface area contributed by atoms with E-state index in [9.17, 15) is 9.90 Å². The summed E-state index contributed by atoms with van der Waals surface area (Å²) in [5, 5.41) is 9.57. The third-order valence-electron chi connectivity index (χ3n) is 3.73. The summed E-state index contributed by atoms with van der Waals surface area (Å²) in [6.07, 6.45) is 0. The van der Waals surface area contributed by atoms with Gasteiger partial charge in [0.15, 0.2) is 0 Å². The lowest BCUT2D eigenvalue weighted by atomic mass is 10.2. The number of nitrogens with zero attached hydrogens (tertiary/aromatic N) is 3. The van der Waals surface area contributed by atoms with Crippen molar-refractivity contribution in [3.8, 4) is 5.75 Å². The highest BCUT2D eigenvalue weighted by Gasteiger charge is 2.18. The summed E-state index contributed by atoms with van der Waals surface area (Å²) >= 11 is 0. The number of amides is 2. The molecule has 1 fully saturated rings. The maximum atomic E-state index is 12.4. The monoisotopic (exact) mass is 307 g/mol. The molecule has 22 heavy (non-hydrogen) atoms. The molecule has 1 aromatic rings. The molecular formula is C16H25N3O3. The maximum Gasteiger partial charge on any atom is 0.319 e. The van der Waals surface area contributed by atoms with E-state index in [1.165, 1.54) is 0 Å². The van der Waals surface area contributed by atoms with Crippen molar-refractivity contribution in [2.45, 2.75) is 6.54 Å². The van der Waals surface area contributed by atoms with Gasteiger partial charge in [0.1, 0.15) is 5.75 Å². The van der Waals surface area contributed by atoms with E-state index in [2.05, 4.69) is 4.90 Å². The van der Waals surface area contributed by atoms with Crippen molar-refractivity contribution in [3.05, 3.63) is 29.8 Å². The highest BCUT2D eigenvalue weighted by Crippen LogP contribution is 2.14. The molecule has 1 aliphatic rings. The lowest BCUT2D eigenvalue weighted by Crippen LogP contribution is -2.45. The zero-order valence-corrected chi connectivity index (χ0v) is 13.4. The van der Waals surface area contributed by atoms with Gasteiger partial charge in [-0.1, -0.05) is 12.1 Å². The zero-order chi connectivity index (χ0) is 15.9. The predicted octanol–water partition coefficient (Wildman–Crippen LogP) is 1.21. The van der Waals surface area contributed by atoms with E-state index < -0.39 is 0 Å². The van der Waals surface area contributed by atoms with E-state index in [-0.39, 0.29) is 11.8 Å². The molecule has 0 radical (unpaired) electrons. The Balaban J connectivity index is 1.97. The summed E-state index contributed by atoms with van der Waals surface area (Å²) in [6, 6.07) is 7.03. The van der Waals surface area contributed by atoms with E-state index in [0.29, 0.717) is 13.1 Å². The number of hydrogen-bond donors (Lipinski definition) is 1. The fourth-order valence-electron chi connectivity index (χ4n) is 2.49. The Labute approximate surface area is 131 Å². The first-order valence-corrected chi connectivity index (χ1v) is 7.60. The smallest absolute Gasteiger partial charge is 0.319 e. The first-order valence-electron chi connectivity index (χ1n) is 7.60. The minimum atomic E-state index is -0.0170. The highest BCUT2D eigenvalue weighted by atomic mass is 16.5. The third kappa shape index (κ3) is 4.89. The molecule has 0 saturated carbocycles. The number of phenolic OH excluding ortho intramolecular Hbond substituents is 1. The second-order valence-electron chi connectivity index (χ2n) is 5.72. The molecule has 0 atom stereocenters. The van der Waals surface area contributed by atoms with E-state index in [1.807, 2.05) is 11.0 Å². The molecular weight excluding hydrogens is 282 g/mol. The minimum Gasteiger partial charge on any atom is -0.508 e. The number of rotatable bonds is 5. The molecule has 1 N–H and O–H groups in total. The van der Waals surface area contributed by atoms with Crippen LogP contribution in [-0.2, 0) is 11.3 Å². The Kier molecular flexibility index (Phi) is 6.03. The Morgan fingerprint density at radius 1 is 1.32 bits per heavy atom. The van der Waals surface area contributed by atoms with Crippen molar-refractivity contribution in [2.24, 2.45) is 0 Å². The molecule has 0 aliphatic carbocycles. The van der Waals surface area contributed by atoms with Gasteiger partial charge in [-0.15, -0.1) is 0 Å². The molecule has 1 aliphatic heterocycles. The van der Waals surface area contributed by atoms with Crippen LogP contribution >= 0.6 is 0 Å². The Bertz CT molecular complexity index is 487. The molecule has 1 aromatic carbocycles. The molecule has 0 unspecified atom stereocenters. The van der Waals surface area contributed by atoms with Crippen molar-refractivity contribution >= 4 is 6.03 Å². The third-order valence-corrected chi connectivity index (χ3v) is 3.73. The molecule has 2 rings (SSSR count). The van der Waals surface area contributed by atoms with Crippen LogP contribution in [0.4, 0.5) is 4.79 Å². The number of morpholine rings is 1. The normalized spacial score (nSPS) is 15.5. The SMILES string of the molecule is CN(C)C(=O)N(CCN1CCOCC1)Cc1cccc(O)c1. The zero-order valence-electron chi connectivity index (χ0n) is 13.4.